The molecule has 1 atom stereocenters. The number of benzene rings is 1. The minimum atomic E-state index is -1.35. The molecular formula is C23H24FN5OS. The number of hydrogen-bond donors (Lipinski definition) is 2. The number of nitrogens with zero attached hydrogens (tertiary/aromatic N) is 4. The molecule has 1 aliphatic carbocycles. The summed E-state index contributed by atoms with van der Waals surface area (Å²) < 4.78 is 16.5. The van der Waals surface area contributed by atoms with Gasteiger partial charge in [-0.2, -0.15) is 18.6 Å². The summed E-state index contributed by atoms with van der Waals surface area (Å²) in [6.45, 7) is -0.134. The molecule has 4 aromatic rings. The lowest BCUT2D eigenvalue weighted by Crippen LogP contribution is -2.43. The van der Waals surface area contributed by atoms with Crippen molar-refractivity contribution in [2.75, 3.05) is 0 Å². The second-order valence-electron chi connectivity index (χ2n) is 7.79. The van der Waals surface area contributed by atoms with Crippen LogP contribution in [0, 0.1) is 0 Å². The Morgan fingerprint density at radius 1 is 1.10 bits per heavy atom. The third-order valence-electron chi connectivity index (χ3n) is 5.87. The largest absolute Gasteiger partial charge is 0.390 e. The van der Waals surface area contributed by atoms with Crippen molar-refractivity contribution in [2.24, 2.45) is 5.73 Å². The molecule has 1 fully saturated rings. The van der Waals surface area contributed by atoms with Gasteiger partial charge in [-0.1, -0.05) is 24.3 Å². The van der Waals surface area contributed by atoms with Crippen molar-refractivity contribution in [3.8, 4) is 17.1 Å². The van der Waals surface area contributed by atoms with Gasteiger partial charge < -0.3 is 10.8 Å². The average molecular weight is 438 g/mol. The smallest absolute Gasteiger partial charge is 0.154 e. The number of aromatic nitrogens is 4. The molecule has 1 saturated carbocycles. The Balaban J connectivity index is 0.00000231. The molecule has 3 aromatic heterocycles. The summed E-state index contributed by atoms with van der Waals surface area (Å²) in [5.74, 6) is 0.627. The Labute approximate surface area is 186 Å². The van der Waals surface area contributed by atoms with Gasteiger partial charge in [0.1, 0.15) is 5.67 Å². The van der Waals surface area contributed by atoms with E-state index in [1.54, 1.807) is 23.0 Å². The molecule has 0 saturated heterocycles. The van der Waals surface area contributed by atoms with Gasteiger partial charge >= 0.3 is 0 Å². The quantitative estimate of drug-likeness (QED) is 0.493. The zero-order valence-electron chi connectivity index (χ0n) is 16.9. The second kappa shape index (κ2) is 8.37. The van der Waals surface area contributed by atoms with Gasteiger partial charge in [0.15, 0.2) is 5.82 Å². The van der Waals surface area contributed by atoms with Crippen LogP contribution >= 0.6 is 13.5 Å². The van der Waals surface area contributed by atoms with E-state index in [0.29, 0.717) is 30.0 Å². The number of rotatable bonds is 5. The summed E-state index contributed by atoms with van der Waals surface area (Å²) in [5, 5.41) is 14.8. The predicted octanol–water partition coefficient (Wildman–Crippen LogP) is 3.98. The number of pyridine rings is 2. The van der Waals surface area contributed by atoms with E-state index < -0.39 is 11.7 Å². The molecule has 1 aromatic carbocycles. The number of aliphatic hydroxyl groups excluding tert-OH is 1. The maximum absolute atomic E-state index is 14.8. The first-order valence-corrected chi connectivity index (χ1v) is 10.0. The summed E-state index contributed by atoms with van der Waals surface area (Å²) in [7, 11) is 0. The van der Waals surface area contributed by atoms with E-state index in [9.17, 15) is 9.50 Å². The zero-order chi connectivity index (χ0) is 20.7. The summed E-state index contributed by atoms with van der Waals surface area (Å²) in [6.07, 6.45) is 3.63. The summed E-state index contributed by atoms with van der Waals surface area (Å²) >= 11 is 0. The Morgan fingerprint density at radius 3 is 2.65 bits per heavy atom. The fraction of sp³-hybridized carbons (Fsp3) is 0.261. The summed E-state index contributed by atoms with van der Waals surface area (Å²) in [6, 6.07) is 16.2. The van der Waals surface area contributed by atoms with Crippen LogP contribution in [-0.2, 0) is 6.61 Å². The molecule has 0 spiro atoms. The number of aliphatic hydroxyl groups is 1. The molecule has 8 heteroatoms. The fourth-order valence-corrected chi connectivity index (χ4v) is 3.91. The first-order chi connectivity index (χ1) is 14.6. The monoisotopic (exact) mass is 437 g/mol. The van der Waals surface area contributed by atoms with Crippen LogP contribution in [0.4, 0.5) is 4.39 Å². The van der Waals surface area contributed by atoms with Gasteiger partial charge in [-0.25, -0.2) is 14.1 Å². The highest BCUT2D eigenvalue weighted by atomic mass is 32.1. The van der Waals surface area contributed by atoms with Crippen LogP contribution < -0.4 is 5.73 Å². The molecule has 3 heterocycles. The van der Waals surface area contributed by atoms with Gasteiger partial charge in [-0.15, -0.1) is 0 Å². The lowest BCUT2D eigenvalue weighted by molar-refractivity contribution is 0.0327. The van der Waals surface area contributed by atoms with Crippen LogP contribution in [0.5, 0.6) is 0 Å². The number of hydrogen-bond acceptors (Lipinski definition) is 5. The van der Waals surface area contributed by atoms with Crippen LogP contribution in [0.2, 0.25) is 0 Å². The Kier molecular flexibility index (Phi) is 5.79. The van der Waals surface area contributed by atoms with Gasteiger partial charge in [-0.05, 0) is 49.6 Å². The third-order valence-corrected chi connectivity index (χ3v) is 5.87. The molecule has 5 rings (SSSR count). The molecule has 1 aliphatic rings. The number of nitrogens with two attached hydrogens (primary N) is 1. The van der Waals surface area contributed by atoms with E-state index in [4.69, 9.17) is 5.73 Å². The minimum absolute atomic E-state index is 0. The molecule has 0 radical (unpaired) electrons. The first kappa shape index (κ1) is 21.4. The standard InChI is InChI=1S/C23H22FN5O.H2S/c24-23(10-3-11-23)22(25)19-6-2-5-18(28-19)15-8-9-16-13-26-29(20(16)12-15)21-7-1-4-17(14-30)27-21;/h1-2,4-9,12-13,22,30H,3,10-11,14,25H2;1H2/t22-;/m0./s1. The second-order valence-corrected chi connectivity index (χ2v) is 7.79. The molecule has 0 bridgehead atoms. The number of fused-ring (bicyclic) bond motifs is 1. The number of halogens is 1. The van der Waals surface area contributed by atoms with Crippen molar-refractivity contribution in [2.45, 2.75) is 37.6 Å². The van der Waals surface area contributed by atoms with Gasteiger partial charge in [0.2, 0.25) is 0 Å². The lowest BCUT2D eigenvalue weighted by atomic mass is 9.75. The Hall–Kier alpha value is -2.81. The lowest BCUT2D eigenvalue weighted by Gasteiger charge is -2.38. The van der Waals surface area contributed by atoms with Crippen LogP contribution in [0.1, 0.15) is 36.7 Å². The van der Waals surface area contributed by atoms with Crippen LogP contribution in [-0.4, -0.2) is 30.5 Å². The van der Waals surface area contributed by atoms with Crippen LogP contribution in [0.25, 0.3) is 28.0 Å². The van der Waals surface area contributed by atoms with Gasteiger partial charge in [0.25, 0.3) is 0 Å². The molecule has 0 unspecified atom stereocenters. The van der Waals surface area contributed by atoms with E-state index >= 15 is 0 Å². The normalized spacial score (nSPS) is 15.8. The first-order valence-electron chi connectivity index (χ1n) is 10.0. The van der Waals surface area contributed by atoms with Crippen molar-refractivity contribution in [3.05, 3.63) is 72.2 Å². The van der Waals surface area contributed by atoms with Crippen molar-refractivity contribution in [3.63, 3.8) is 0 Å². The summed E-state index contributed by atoms with van der Waals surface area (Å²) in [4.78, 5) is 9.11. The molecule has 3 N–H and O–H groups in total. The van der Waals surface area contributed by atoms with E-state index in [-0.39, 0.29) is 20.1 Å². The van der Waals surface area contributed by atoms with E-state index in [0.717, 1.165) is 28.6 Å². The Morgan fingerprint density at radius 2 is 1.90 bits per heavy atom. The highest BCUT2D eigenvalue weighted by Gasteiger charge is 2.44. The maximum atomic E-state index is 14.8. The fourth-order valence-electron chi connectivity index (χ4n) is 3.91. The van der Waals surface area contributed by atoms with E-state index in [1.165, 1.54) is 0 Å². The van der Waals surface area contributed by atoms with Gasteiger partial charge in [0.05, 0.1) is 41.4 Å². The molecule has 160 valence electrons. The SMILES string of the molecule is N[C@@H](c1cccc(-c2ccc3cnn(-c4cccc(CO)n4)c3c2)n1)C1(F)CCC1.S. The summed E-state index contributed by atoms with van der Waals surface area (Å²) in [5.41, 5.74) is 8.49. The Bertz CT molecular complexity index is 1220. The van der Waals surface area contributed by atoms with Crippen LogP contribution in [0.15, 0.2) is 60.8 Å². The molecule has 31 heavy (non-hydrogen) atoms. The van der Waals surface area contributed by atoms with E-state index in [1.807, 2.05) is 42.5 Å². The highest BCUT2D eigenvalue weighted by Crippen LogP contribution is 2.44. The average Bonchev–Trinajstić information content (AvgIpc) is 3.20. The third kappa shape index (κ3) is 3.82. The van der Waals surface area contributed by atoms with Gasteiger partial charge in [-0.3, -0.25) is 4.98 Å². The molecule has 0 aliphatic heterocycles. The minimum Gasteiger partial charge on any atom is -0.390 e. The van der Waals surface area contributed by atoms with Crippen molar-refractivity contribution >= 4 is 24.4 Å². The van der Waals surface area contributed by atoms with Gasteiger partial charge in [0, 0.05) is 10.9 Å². The topological polar surface area (TPSA) is 89.8 Å². The number of alkyl halides is 1. The van der Waals surface area contributed by atoms with E-state index in [2.05, 4.69) is 15.1 Å². The highest BCUT2D eigenvalue weighted by molar-refractivity contribution is 7.59. The van der Waals surface area contributed by atoms with Crippen molar-refractivity contribution in [1.29, 1.82) is 0 Å². The molecule has 6 nitrogen and oxygen atoms in total. The zero-order valence-corrected chi connectivity index (χ0v) is 17.9. The van der Waals surface area contributed by atoms with Crippen molar-refractivity contribution in [1.82, 2.24) is 19.7 Å². The van der Waals surface area contributed by atoms with Crippen LogP contribution in [0.3, 0.4) is 0 Å². The molecular weight excluding hydrogens is 413 g/mol. The molecule has 0 amide bonds. The maximum Gasteiger partial charge on any atom is 0.154 e. The predicted molar refractivity (Wildman–Crippen MR) is 123 cm³/mol. The van der Waals surface area contributed by atoms with Crippen molar-refractivity contribution < 1.29 is 9.50 Å².